The van der Waals surface area contributed by atoms with Crippen LogP contribution in [0, 0.1) is 11.8 Å². The summed E-state index contributed by atoms with van der Waals surface area (Å²) in [6.45, 7) is 8.67. The zero-order valence-corrected chi connectivity index (χ0v) is 13.0. The van der Waals surface area contributed by atoms with Gasteiger partial charge in [-0.2, -0.15) is 0 Å². The predicted octanol–water partition coefficient (Wildman–Crippen LogP) is 3.42. The first-order valence-corrected chi connectivity index (χ1v) is 8.68. The van der Waals surface area contributed by atoms with Crippen molar-refractivity contribution >= 4 is 0 Å². The second-order valence-corrected chi connectivity index (χ2v) is 7.78. The van der Waals surface area contributed by atoms with Crippen molar-refractivity contribution in [1.82, 2.24) is 10.2 Å². The summed E-state index contributed by atoms with van der Waals surface area (Å²) in [6.07, 6.45) is 11.5. The molecule has 2 saturated carbocycles. The van der Waals surface area contributed by atoms with Crippen LogP contribution in [0.15, 0.2) is 0 Å². The summed E-state index contributed by atoms with van der Waals surface area (Å²) in [5.74, 6) is 1.88. The Hall–Kier alpha value is -0.0800. The second-order valence-electron chi connectivity index (χ2n) is 7.78. The van der Waals surface area contributed by atoms with E-state index in [1.54, 1.807) is 0 Å². The van der Waals surface area contributed by atoms with Gasteiger partial charge in [0, 0.05) is 24.7 Å². The standard InChI is InChI=1S/C17H32N2/c1-14(2)6-5-11-19-13-17(9-3-4-10-17)18-12-16(19)15-7-8-15/h14-16,18H,3-13H2,1-2H3. The van der Waals surface area contributed by atoms with E-state index in [1.165, 1.54) is 71.0 Å². The molecule has 0 amide bonds. The molecular weight excluding hydrogens is 232 g/mol. The number of nitrogens with one attached hydrogen (secondary N) is 1. The molecule has 2 aliphatic carbocycles. The number of hydrogen-bond donors (Lipinski definition) is 1. The van der Waals surface area contributed by atoms with Gasteiger partial charge >= 0.3 is 0 Å². The minimum atomic E-state index is 0.503. The summed E-state index contributed by atoms with van der Waals surface area (Å²) in [7, 11) is 0. The van der Waals surface area contributed by atoms with Crippen LogP contribution in [0.2, 0.25) is 0 Å². The maximum atomic E-state index is 3.95. The summed E-state index contributed by atoms with van der Waals surface area (Å²) in [5.41, 5.74) is 0.503. The molecule has 1 saturated heterocycles. The molecule has 3 fully saturated rings. The van der Waals surface area contributed by atoms with Crippen molar-refractivity contribution in [3.8, 4) is 0 Å². The second kappa shape index (κ2) is 5.73. The van der Waals surface area contributed by atoms with Gasteiger partial charge < -0.3 is 5.32 Å². The van der Waals surface area contributed by atoms with Crippen LogP contribution in [0.4, 0.5) is 0 Å². The third kappa shape index (κ3) is 3.33. The highest BCUT2D eigenvalue weighted by Crippen LogP contribution is 2.40. The Kier molecular flexibility index (Phi) is 4.19. The molecule has 1 spiro atoms. The molecule has 110 valence electrons. The van der Waals surface area contributed by atoms with E-state index in [1.807, 2.05) is 0 Å². The lowest BCUT2D eigenvalue weighted by Crippen LogP contribution is -2.63. The van der Waals surface area contributed by atoms with E-state index in [9.17, 15) is 0 Å². The molecule has 19 heavy (non-hydrogen) atoms. The van der Waals surface area contributed by atoms with Gasteiger partial charge in [0.1, 0.15) is 0 Å². The molecule has 0 aromatic heterocycles. The minimum Gasteiger partial charge on any atom is -0.308 e. The molecule has 2 nitrogen and oxygen atoms in total. The van der Waals surface area contributed by atoms with E-state index >= 15 is 0 Å². The molecule has 0 aromatic rings. The molecule has 3 rings (SSSR count). The van der Waals surface area contributed by atoms with Crippen molar-refractivity contribution in [3.63, 3.8) is 0 Å². The monoisotopic (exact) mass is 264 g/mol. The van der Waals surface area contributed by atoms with Crippen LogP contribution < -0.4 is 5.32 Å². The van der Waals surface area contributed by atoms with E-state index < -0.39 is 0 Å². The quantitative estimate of drug-likeness (QED) is 0.818. The predicted molar refractivity (Wildman–Crippen MR) is 81.4 cm³/mol. The molecule has 1 atom stereocenters. The lowest BCUT2D eigenvalue weighted by atomic mass is 9.90. The van der Waals surface area contributed by atoms with Crippen LogP contribution in [0.3, 0.4) is 0 Å². The van der Waals surface area contributed by atoms with Gasteiger partial charge in [-0.25, -0.2) is 0 Å². The molecule has 1 unspecified atom stereocenters. The normalized spacial score (nSPS) is 31.4. The number of hydrogen-bond acceptors (Lipinski definition) is 2. The Morgan fingerprint density at radius 3 is 2.58 bits per heavy atom. The topological polar surface area (TPSA) is 15.3 Å². The Labute approximate surface area is 119 Å². The van der Waals surface area contributed by atoms with E-state index in [-0.39, 0.29) is 0 Å². The third-order valence-corrected chi connectivity index (χ3v) is 5.61. The molecule has 3 aliphatic rings. The van der Waals surface area contributed by atoms with Crippen molar-refractivity contribution < 1.29 is 0 Å². The SMILES string of the molecule is CC(C)CCCN1CC2(CCCC2)NCC1C1CC1. The zero-order chi connectivity index (χ0) is 13.3. The Bertz CT molecular complexity index is 290. The third-order valence-electron chi connectivity index (χ3n) is 5.61. The first kappa shape index (κ1) is 13.9. The average Bonchev–Trinajstić information content (AvgIpc) is 3.11. The lowest BCUT2D eigenvalue weighted by Gasteiger charge is -2.47. The highest BCUT2D eigenvalue weighted by molar-refractivity contribution is 5.03. The molecular formula is C17H32N2. The summed E-state index contributed by atoms with van der Waals surface area (Å²) < 4.78 is 0. The highest BCUT2D eigenvalue weighted by Gasteiger charge is 2.45. The van der Waals surface area contributed by atoms with Crippen LogP contribution in [0.1, 0.15) is 65.2 Å². The van der Waals surface area contributed by atoms with E-state index in [0.29, 0.717) is 5.54 Å². The van der Waals surface area contributed by atoms with Crippen molar-refractivity contribution in [3.05, 3.63) is 0 Å². The van der Waals surface area contributed by atoms with Gasteiger partial charge in [-0.3, -0.25) is 4.90 Å². The molecule has 0 radical (unpaired) electrons. The van der Waals surface area contributed by atoms with Gasteiger partial charge in [0.05, 0.1) is 0 Å². The van der Waals surface area contributed by atoms with Crippen molar-refractivity contribution in [1.29, 1.82) is 0 Å². The Morgan fingerprint density at radius 2 is 1.95 bits per heavy atom. The van der Waals surface area contributed by atoms with Gasteiger partial charge in [-0.15, -0.1) is 0 Å². The number of nitrogens with zero attached hydrogens (tertiary/aromatic N) is 1. The molecule has 0 bridgehead atoms. The number of rotatable bonds is 5. The Morgan fingerprint density at radius 1 is 1.21 bits per heavy atom. The van der Waals surface area contributed by atoms with Crippen molar-refractivity contribution in [2.75, 3.05) is 19.6 Å². The molecule has 1 N–H and O–H groups in total. The van der Waals surface area contributed by atoms with Crippen LogP contribution in [-0.2, 0) is 0 Å². The smallest absolute Gasteiger partial charge is 0.0309 e. The van der Waals surface area contributed by atoms with Gasteiger partial charge in [0.15, 0.2) is 0 Å². The minimum absolute atomic E-state index is 0.503. The van der Waals surface area contributed by atoms with Gasteiger partial charge in [0.25, 0.3) is 0 Å². The van der Waals surface area contributed by atoms with Crippen molar-refractivity contribution in [2.24, 2.45) is 11.8 Å². The fourth-order valence-electron chi connectivity index (χ4n) is 4.29. The van der Waals surface area contributed by atoms with Gasteiger partial charge in [0.2, 0.25) is 0 Å². The van der Waals surface area contributed by atoms with Crippen molar-refractivity contribution in [2.45, 2.75) is 76.8 Å². The number of piperazine rings is 1. The summed E-state index contributed by atoms with van der Waals surface area (Å²) in [4.78, 5) is 2.88. The maximum Gasteiger partial charge on any atom is 0.0309 e. The first-order valence-electron chi connectivity index (χ1n) is 8.68. The highest BCUT2D eigenvalue weighted by atomic mass is 15.3. The summed E-state index contributed by atoms with van der Waals surface area (Å²) in [6, 6.07) is 0.860. The molecule has 1 aliphatic heterocycles. The lowest BCUT2D eigenvalue weighted by molar-refractivity contribution is 0.0670. The molecule has 2 heteroatoms. The fourth-order valence-corrected chi connectivity index (χ4v) is 4.29. The van der Waals surface area contributed by atoms with Crippen LogP contribution in [0.5, 0.6) is 0 Å². The molecule has 1 heterocycles. The van der Waals surface area contributed by atoms with Gasteiger partial charge in [-0.05, 0) is 56.9 Å². The van der Waals surface area contributed by atoms with Crippen LogP contribution in [-0.4, -0.2) is 36.1 Å². The Balaban J connectivity index is 1.57. The van der Waals surface area contributed by atoms with E-state index in [2.05, 4.69) is 24.1 Å². The first-order chi connectivity index (χ1) is 9.19. The van der Waals surface area contributed by atoms with Crippen LogP contribution in [0.25, 0.3) is 0 Å². The fraction of sp³-hybridized carbons (Fsp3) is 1.00. The van der Waals surface area contributed by atoms with E-state index in [0.717, 1.165) is 17.9 Å². The largest absolute Gasteiger partial charge is 0.308 e. The maximum absolute atomic E-state index is 3.95. The summed E-state index contributed by atoms with van der Waals surface area (Å²) >= 11 is 0. The van der Waals surface area contributed by atoms with Crippen LogP contribution >= 0.6 is 0 Å². The molecule has 0 aromatic carbocycles. The average molecular weight is 264 g/mol. The van der Waals surface area contributed by atoms with E-state index in [4.69, 9.17) is 0 Å². The zero-order valence-electron chi connectivity index (χ0n) is 13.0. The summed E-state index contributed by atoms with van der Waals surface area (Å²) in [5, 5.41) is 3.95. The van der Waals surface area contributed by atoms with Gasteiger partial charge in [-0.1, -0.05) is 26.7 Å².